The molecule has 1 aromatic rings. The highest BCUT2D eigenvalue weighted by Gasteiger charge is 2.07. The van der Waals surface area contributed by atoms with E-state index in [1.54, 1.807) is 0 Å². The number of hydrogen-bond donors (Lipinski definition) is 2. The van der Waals surface area contributed by atoms with Crippen molar-refractivity contribution < 1.29 is 5.11 Å². The van der Waals surface area contributed by atoms with Crippen LogP contribution in [0.3, 0.4) is 0 Å². The molecule has 3 nitrogen and oxygen atoms in total. The second-order valence-electron chi connectivity index (χ2n) is 3.36. The van der Waals surface area contributed by atoms with E-state index in [2.05, 4.69) is 0 Å². The lowest BCUT2D eigenvalue weighted by atomic mass is 10.1. The molecule has 1 rings (SSSR count). The van der Waals surface area contributed by atoms with Crippen molar-refractivity contribution in [2.75, 3.05) is 14.1 Å². The van der Waals surface area contributed by atoms with E-state index in [-0.39, 0.29) is 0 Å². The van der Waals surface area contributed by atoms with Gasteiger partial charge in [0.2, 0.25) is 0 Å². The van der Waals surface area contributed by atoms with Crippen LogP contribution >= 0.6 is 0 Å². The van der Waals surface area contributed by atoms with Gasteiger partial charge in [0, 0.05) is 25.9 Å². The summed E-state index contributed by atoms with van der Waals surface area (Å²) < 4.78 is 0. The predicted molar refractivity (Wildman–Crippen MR) is 58.3 cm³/mol. The minimum absolute atomic E-state index is 0.718. The molecule has 0 bridgehead atoms. The summed E-state index contributed by atoms with van der Waals surface area (Å²) in [7, 11) is 3.79. The zero-order valence-electron chi connectivity index (χ0n) is 8.51. The zero-order chi connectivity index (χ0) is 10.6. The van der Waals surface area contributed by atoms with Gasteiger partial charge in [0.05, 0.1) is 0 Å². The first-order valence-corrected chi connectivity index (χ1v) is 4.48. The lowest BCUT2D eigenvalue weighted by molar-refractivity contribution is 0.239. The van der Waals surface area contributed by atoms with E-state index in [1.165, 1.54) is 0 Å². The summed E-state index contributed by atoms with van der Waals surface area (Å²) in [6.07, 6.45) is 0.875. The molecular formula is C11H16N2O. The van der Waals surface area contributed by atoms with Crippen LogP contribution in [0.4, 0.5) is 0 Å². The molecule has 76 valence electrons. The first kappa shape index (κ1) is 10.8. The van der Waals surface area contributed by atoms with Gasteiger partial charge in [-0.1, -0.05) is 30.3 Å². The van der Waals surface area contributed by atoms with Crippen molar-refractivity contribution in [2.24, 2.45) is 5.73 Å². The van der Waals surface area contributed by atoms with Crippen LogP contribution in [0.2, 0.25) is 0 Å². The molecule has 1 aromatic carbocycles. The van der Waals surface area contributed by atoms with Gasteiger partial charge >= 0.3 is 0 Å². The second-order valence-corrected chi connectivity index (χ2v) is 3.36. The third-order valence-electron chi connectivity index (χ3n) is 1.82. The summed E-state index contributed by atoms with van der Waals surface area (Å²) >= 11 is 0. The predicted octanol–water partition coefficient (Wildman–Crippen LogP) is 0.866. The lowest BCUT2D eigenvalue weighted by Crippen LogP contribution is -2.22. The van der Waals surface area contributed by atoms with E-state index in [1.807, 2.05) is 55.5 Å². The summed E-state index contributed by atoms with van der Waals surface area (Å²) in [5.74, 6) is 0. The molecule has 1 atom stereocenters. The molecular weight excluding hydrogens is 176 g/mol. The molecule has 0 fully saturated rings. The molecule has 0 amide bonds. The Morgan fingerprint density at radius 3 is 2.36 bits per heavy atom. The Balaban J connectivity index is 3.01. The Bertz CT molecular complexity index is 304. The third kappa shape index (κ3) is 2.87. The minimum atomic E-state index is -0.945. The van der Waals surface area contributed by atoms with Gasteiger partial charge in [-0.2, -0.15) is 0 Å². The Morgan fingerprint density at radius 2 is 1.93 bits per heavy atom. The van der Waals surface area contributed by atoms with Crippen molar-refractivity contribution >= 4 is 5.57 Å². The molecule has 0 aliphatic rings. The number of benzene rings is 1. The van der Waals surface area contributed by atoms with Crippen molar-refractivity contribution in [3.05, 3.63) is 42.1 Å². The van der Waals surface area contributed by atoms with Crippen LogP contribution in [0.15, 0.2) is 36.5 Å². The Morgan fingerprint density at radius 1 is 1.36 bits per heavy atom. The highest BCUT2D eigenvalue weighted by molar-refractivity contribution is 5.67. The minimum Gasteiger partial charge on any atom is -0.383 e. The first-order chi connectivity index (χ1) is 6.61. The molecule has 0 unspecified atom stereocenters. The molecule has 0 saturated carbocycles. The maximum atomic E-state index is 9.40. The third-order valence-corrected chi connectivity index (χ3v) is 1.82. The summed E-state index contributed by atoms with van der Waals surface area (Å²) in [5.41, 5.74) is 7.14. The van der Waals surface area contributed by atoms with Gasteiger partial charge in [0.15, 0.2) is 0 Å². The molecule has 0 aliphatic heterocycles. The highest BCUT2D eigenvalue weighted by atomic mass is 16.3. The van der Waals surface area contributed by atoms with Gasteiger partial charge in [0.25, 0.3) is 0 Å². The quantitative estimate of drug-likeness (QED) is 0.698. The Labute approximate surface area is 84.5 Å². The Kier molecular flexibility index (Phi) is 3.68. The molecule has 0 aromatic heterocycles. The van der Waals surface area contributed by atoms with Crippen molar-refractivity contribution in [1.82, 2.24) is 4.90 Å². The topological polar surface area (TPSA) is 49.5 Å². The SMILES string of the molecule is CN(C)/C=C(\c1ccccc1)[C@H](N)O. The molecule has 3 N–H and O–H groups in total. The number of nitrogens with two attached hydrogens (primary N) is 1. The molecule has 0 spiro atoms. The second kappa shape index (κ2) is 4.79. The van der Waals surface area contributed by atoms with E-state index in [0.29, 0.717) is 0 Å². The molecule has 0 saturated heterocycles. The number of aliphatic hydroxyl groups is 1. The maximum Gasteiger partial charge on any atom is 0.130 e. The van der Waals surface area contributed by atoms with Gasteiger partial charge in [-0.05, 0) is 5.56 Å². The number of aliphatic hydroxyl groups excluding tert-OH is 1. The molecule has 0 aliphatic carbocycles. The fraction of sp³-hybridized carbons (Fsp3) is 0.273. The zero-order valence-corrected chi connectivity index (χ0v) is 8.51. The largest absolute Gasteiger partial charge is 0.383 e. The molecule has 3 heteroatoms. The van der Waals surface area contributed by atoms with E-state index >= 15 is 0 Å². The van der Waals surface area contributed by atoms with E-state index in [9.17, 15) is 5.11 Å². The van der Waals surface area contributed by atoms with Gasteiger partial charge < -0.3 is 15.7 Å². The van der Waals surface area contributed by atoms with Crippen LogP contribution in [0.5, 0.6) is 0 Å². The number of hydrogen-bond acceptors (Lipinski definition) is 3. The summed E-state index contributed by atoms with van der Waals surface area (Å²) in [6.45, 7) is 0. The highest BCUT2D eigenvalue weighted by Crippen LogP contribution is 2.15. The van der Waals surface area contributed by atoms with Crippen molar-refractivity contribution in [2.45, 2.75) is 6.23 Å². The van der Waals surface area contributed by atoms with Gasteiger partial charge in [0.1, 0.15) is 6.23 Å². The van der Waals surface area contributed by atoms with Crippen molar-refractivity contribution in [3.63, 3.8) is 0 Å². The molecule has 14 heavy (non-hydrogen) atoms. The van der Waals surface area contributed by atoms with Crippen molar-refractivity contribution in [1.29, 1.82) is 0 Å². The monoisotopic (exact) mass is 192 g/mol. The number of rotatable bonds is 3. The summed E-state index contributed by atoms with van der Waals surface area (Å²) in [5, 5.41) is 9.40. The number of nitrogens with zero attached hydrogens (tertiary/aromatic N) is 1. The van der Waals surface area contributed by atoms with Gasteiger partial charge in [-0.25, -0.2) is 0 Å². The lowest BCUT2D eigenvalue weighted by Gasteiger charge is -2.14. The van der Waals surface area contributed by atoms with Gasteiger partial charge in [-0.3, -0.25) is 0 Å². The van der Waals surface area contributed by atoms with E-state index < -0.39 is 6.23 Å². The van der Waals surface area contributed by atoms with Crippen LogP contribution in [0, 0.1) is 0 Å². The normalized spacial score (nSPS) is 13.9. The fourth-order valence-corrected chi connectivity index (χ4v) is 1.23. The molecule has 0 radical (unpaired) electrons. The van der Waals surface area contributed by atoms with Crippen LogP contribution in [0.25, 0.3) is 5.57 Å². The average Bonchev–Trinajstić information content (AvgIpc) is 2.15. The fourth-order valence-electron chi connectivity index (χ4n) is 1.23. The van der Waals surface area contributed by atoms with Crippen LogP contribution in [0.1, 0.15) is 5.56 Å². The summed E-state index contributed by atoms with van der Waals surface area (Å²) in [6, 6.07) is 9.61. The average molecular weight is 192 g/mol. The first-order valence-electron chi connectivity index (χ1n) is 4.48. The maximum absolute atomic E-state index is 9.40. The van der Waals surface area contributed by atoms with E-state index in [4.69, 9.17) is 5.73 Å². The summed E-state index contributed by atoms with van der Waals surface area (Å²) in [4.78, 5) is 1.86. The van der Waals surface area contributed by atoms with Crippen LogP contribution < -0.4 is 5.73 Å². The van der Waals surface area contributed by atoms with Gasteiger partial charge in [-0.15, -0.1) is 0 Å². The standard InChI is InChI=1S/C11H16N2O/c1-13(2)8-10(11(12)14)9-6-4-3-5-7-9/h3-8,11,14H,12H2,1-2H3/b10-8+/t11-/m1/s1. The van der Waals surface area contributed by atoms with E-state index in [0.717, 1.165) is 11.1 Å². The van der Waals surface area contributed by atoms with Crippen LogP contribution in [-0.4, -0.2) is 30.3 Å². The van der Waals surface area contributed by atoms with Crippen molar-refractivity contribution in [3.8, 4) is 0 Å². The molecule has 0 heterocycles. The van der Waals surface area contributed by atoms with Crippen LogP contribution in [-0.2, 0) is 0 Å². The smallest absolute Gasteiger partial charge is 0.130 e. The Hall–Kier alpha value is -1.32.